The molecule has 40 heavy (non-hydrogen) atoms. The second kappa shape index (κ2) is 13.6. The summed E-state index contributed by atoms with van der Waals surface area (Å²) in [6.45, 7) is 1.35. The monoisotopic (exact) mass is 570 g/mol. The molecule has 0 saturated heterocycles. The Morgan fingerprint density at radius 2 is 1.70 bits per heavy atom. The van der Waals surface area contributed by atoms with E-state index in [2.05, 4.69) is 21.1 Å². The number of urea groups is 1. The standard InChI is InChI=1S/C26H27ClN6O7/c1-2-39-21-11-18(32-26(29)37)9-15(23(21)40-13-22(34)35)12-30-20-8-5-16(27)10-19(20)25(36)31-17-6-3-14(4-7-17)24(28)33-38/h3-11,30,38H,2,12-13H2,1H3,(H2,28,33)(H,31,36)(H,34,35)(H3,29,32,37). The fourth-order valence-corrected chi connectivity index (χ4v) is 3.77. The molecule has 0 aliphatic rings. The molecule has 0 aromatic heterocycles. The second-order valence-electron chi connectivity index (χ2n) is 8.13. The molecule has 0 radical (unpaired) electrons. The van der Waals surface area contributed by atoms with Crippen molar-refractivity contribution in [1.82, 2.24) is 0 Å². The topological polar surface area (TPSA) is 211 Å². The third kappa shape index (κ3) is 7.91. The van der Waals surface area contributed by atoms with Crippen molar-refractivity contribution in [2.24, 2.45) is 16.6 Å². The summed E-state index contributed by atoms with van der Waals surface area (Å²) in [6, 6.07) is 13.2. The lowest BCUT2D eigenvalue weighted by Crippen LogP contribution is -2.20. The SMILES string of the molecule is CCOc1cc(NC(N)=O)cc(CNc2ccc(Cl)cc2C(=O)Nc2ccc(/C(N)=N/O)cc2)c1OCC(=O)O. The Labute approximate surface area is 233 Å². The molecule has 3 aromatic carbocycles. The number of halogens is 1. The van der Waals surface area contributed by atoms with Crippen LogP contribution in [-0.4, -0.2) is 47.3 Å². The van der Waals surface area contributed by atoms with Crippen LogP contribution in [0.2, 0.25) is 5.02 Å². The van der Waals surface area contributed by atoms with Gasteiger partial charge in [-0.15, -0.1) is 0 Å². The number of amidine groups is 1. The van der Waals surface area contributed by atoms with Gasteiger partial charge >= 0.3 is 12.0 Å². The van der Waals surface area contributed by atoms with Gasteiger partial charge in [0.15, 0.2) is 23.9 Å². The zero-order valence-corrected chi connectivity index (χ0v) is 22.0. The molecule has 0 atom stereocenters. The first-order valence-corrected chi connectivity index (χ1v) is 12.1. The van der Waals surface area contributed by atoms with E-state index in [1.54, 1.807) is 43.3 Å². The number of carboxylic acid groups (broad SMARTS) is 1. The molecular formula is C26H27ClN6O7. The minimum atomic E-state index is -1.20. The Morgan fingerprint density at radius 3 is 2.33 bits per heavy atom. The third-order valence-electron chi connectivity index (χ3n) is 5.28. The normalized spacial score (nSPS) is 10.9. The van der Waals surface area contributed by atoms with Gasteiger partial charge in [0.05, 0.1) is 12.2 Å². The molecule has 0 bridgehead atoms. The summed E-state index contributed by atoms with van der Waals surface area (Å²) < 4.78 is 11.1. The maximum absolute atomic E-state index is 13.2. The number of amides is 3. The molecule has 3 amide bonds. The van der Waals surface area contributed by atoms with Gasteiger partial charge in [0.2, 0.25) is 0 Å². The van der Waals surface area contributed by atoms with Crippen molar-refractivity contribution in [2.45, 2.75) is 13.5 Å². The highest BCUT2D eigenvalue weighted by Crippen LogP contribution is 2.36. The summed E-state index contributed by atoms with van der Waals surface area (Å²) in [7, 11) is 0. The number of carbonyl (C=O) groups excluding carboxylic acids is 2. The number of nitrogens with zero attached hydrogens (tertiary/aromatic N) is 1. The van der Waals surface area contributed by atoms with Gasteiger partial charge in [-0.2, -0.15) is 0 Å². The lowest BCUT2D eigenvalue weighted by Gasteiger charge is -2.19. The molecular weight excluding hydrogens is 544 g/mol. The van der Waals surface area contributed by atoms with Crippen molar-refractivity contribution >= 4 is 52.4 Å². The Morgan fingerprint density at radius 1 is 0.975 bits per heavy atom. The predicted octanol–water partition coefficient (Wildman–Crippen LogP) is 3.65. The quantitative estimate of drug-likeness (QED) is 0.0731. The number of hydrogen-bond donors (Lipinski definition) is 7. The fourth-order valence-electron chi connectivity index (χ4n) is 3.60. The lowest BCUT2D eigenvalue weighted by atomic mass is 10.1. The minimum absolute atomic E-state index is 0.0275. The van der Waals surface area contributed by atoms with E-state index >= 15 is 0 Å². The zero-order chi connectivity index (χ0) is 29.2. The molecule has 14 heteroatoms. The minimum Gasteiger partial charge on any atom is -0.490 e. The first-order valence-electron chi connectivity index (χ1n) is 11.7. The Bertz CT molecular complexity index is 1430. The van der Waals surface area contributed by atoms with E-state index in [4.69, 9.17) is 42.9 Å². The van der Waals surface area contributed by atoms with E-state index in [0.717, 1.165) is 0 Å². The van der Waals surface area contributed by atoms with Crippen molar-refractivity contribution in [3.05, 3.63) is 76.3 Å². The first kappa shape index (κ1) is 29.4. The highest BCUT2D eigenvalue weighted by Gasteiger charge is 2.18. The Hall–Kier alpha value is -5.17. The number of nitrogens with two attached hydrogens (primary N) is 2. The largest absolute Gasteiger partial charge is 0.490 e. The van der Waals surface area contributed by atoms with Crippen LogP contribution in [0.25, 0.3) is 0 Å². The number of aliphatic carboxylic acids is 1. The van der Waals surface area contributed by atoms with Gasteiger partial charge in [-0.25, -0.2) is 9.59 Å². The van der Waals surface area contributed by atoms with Crippen LogP contribution >= 0.6 is 11.6 Å². The summed E-state index contributed by atoms with van der Waals surface area (Å²) >= 11 is 6.17. The van der Waals surface area contributed by atoms with Gasteiger partial charge < -0.3 is 47.2 Å². The van der Waals surface area contributed by atoms with Crippen LogP contribution < -0.4 is 36.9 Å². The summed E-state index contributed by atoms with van der Waals surface area (Å²) in [5, 5.41) is 29.5. The van der Waals surface area contributed by atoms with Crippen molar-refractivity contribution in [3.63, 3.8) is 0 Å². The van der Waals surface area contributed by atoms with Gasteiger partial charge in [-0.3, -0.25) is 4.79 Å². The molecule has 0 aliphatic carbocycles. The van der Waals surface area contributed by atoms with E-state index in [0.29, 0.717) is 33.2 Å². The molecule has 0 fully saturated rings. The highest BCUT2D eigenvalue weighted by atomic mass is 35.5. The number of ether oxygens (including phenoxy) is 2. The maximum Gasteiger partial charge on any atom is 0.341 e. The van der Waals surface area contributed by atoms with Crippen LogP contribution in [0.4, 0.5) is 21.9 Å². The number of primary amides is 1. The summed E-state index contributed by atoms with van der Waals surface area (Å²) in [5.41, 5.74) is 13.1. The average molecular weight is 571 g/mol. The van der Waals surface area contributed by atoms with E-state index in [1.165, 1.54) is 18.2 Å². The van der Waals surface area contributed by atoms with E-state index in [-0.39, 0.29) is 36.0 Å². The number of nitrogens with one attached hydrogen (secondary N) is 3. The number of carbonyl (C=O) groups is 3. The summed E-state index contributed by atoms with van der Waals surface area (Å²) in [6.07, 6.45) is 0. The Balaban J connectivity index is 1.91. The number of carboxylic acids is 1. The fraction of sp³-hybridized carbons (Fsp3) is 0.154. The van der Waals surface area contributed by atoms with Crippen LogP contribution in [0.3, 0.4) is 0 Å². The molecule has 0 saturated carbocycles. The lowest BCUT2D eigenvalue weighted by molar-refractivity contribution is -0.139. The van der Waals surface area contributed by atoms with Crippen LogP contribution in [-0.2, 0) is 11.3 Å². The van der Waals surface area contributed by atoms with Crippen LogP contribution in [0, 0.1) is 0 Å². The highest BCUT2D eigenvalue weighted by molar-refractivity contribution is 6.31. The molecule has 0 heterocycles. The molecule has 210 valence electrons. The van der Waals surface area contributed by atoms with Crippen molar-refractivity contribution < 1.29 is 34.2 Å². The van der Waals surface area contributed by atoms with Crippen LogP contribution in [0.15, 0.2) is 59.8 Å². The molecule has 0 spiro atoms. The molecule has 9 N–H and O–H groups in total. The summed E-state index contributed by atoms with van der Waals surface area (Å²) in [4.78, 5) is 35.8. The number of oxime groups is 1. The number of rotatable bonds is 12. The maximum atomic E-state index is 13.2. The molecule has 0 unspecified atom stereocenters. The van der Waals surface area contributed by atoms with Crippen molar-refractivity contribution in [3.8, 4) is 11.5 Å². The van der Waals surface area contributed by atoms with Crippen LogP contribution in [0.5, 0.6) is 11.5 Å². The molecule has 3 aromatic rings. The van der Waals surface area contributed by atoms with Gasteiger partial charge in [0.25, 0.3) is 5.91 Å². The van der Waals surface area contributed by atoms with Crippen molar-refractivity contribution in [2.75, 3.05) is 29.2 Å². The molecule has 3 rings (SSSR count). The van der Waals surface area contributed by atoms with Crippen LogP contribution in [0.1, 0.15) is 28.4 Å². The van der Waals surface area contributed by atoms with Gasteiger partial charge in [0.1, 0.15) is 0 Å². The number of anilines is 3. The first-order chi connectivity index (χ1) is 19.1. The van der Waals surface area contributed by atoms with Gasteiger partial charge in [-0.05, 0) is 55.5 Å². The number of benzene rings is 3. The van der Waals surface area contributed by atoms with Gasteiger partial charge in [-0.1, -0.05) is 16.8 Å². The number of hydrogen-bond acceptors (Lipinski definition) is 8. The summed E-state index contributed by atoms with van der Waals surface area (Å²) in [5.74, 6) is -1.43. The zero-order valence-electron chi connectivity index (χ0n) is 21.2. The van der Waals surface area contributed by atoms with E-state index in [1.807, 2.05) is 0 Å². The average Bonchev–Trinajstić information content (AvgIpc) is 2.91. The van der Waals surface area contributed by atoms with Crippen molar-refractivity contribution in [1.29, 1.82) is 0 Å². The third-order valence-corrected chi connectivity index (χ3v) is 5.52. The predicted molar refractivity (Wildman–Crippen MR) is 150 cm³/mol. The Kier molecular flexibility index (Phi) is 9.97. The second-order valence-corrected chi connectivity index (χ2v) is 8.56. The van der Waals surface area contributed by atoms with E-state index < -0.39 is 24.5 Å². The van der Waals surface area contributed by atoms with Gasteiger partial charge in [0, 0.05) is 45.8 Å². The van der Waals surface area contributed by atoms with E-state index in [9.17, 15) is 14.4 Å². The molecule has 0 aliphatic heterocycles. The smallest absolute Gasteiger partial charge is 0.341 e. The molecule has 13 nitrogen and oxygen atoms in total.